The average molecular weight is 103 g/mol. The number of carbonyl (C=O) groups excluding carboxylic acids is 1. The molecule has 0 spiro atoms. The SMILES string of the molecule is CCC(O)O[C]=O. The normalized spacial score (nSPS) is 12.9. The Labute approximate surface area is 41.9 Å². The molecule has 0 aromatic rings. The van der Waals surface area contributed by atoms with E-state index in [0.29, 0.717) is 6.42 Å². The first-order valence-corrected chi connectivity index (χ1v) is 2.02. The highest BCUT2D eigenvalue weighted by molar-refractivity contribution is 5.38. The van der Waals surface area contributed by atoms with Crippen molar-refractivity contribution in [1.82, 2.24) is 0 Å². The fourth-order valence-electron chi connectivity index (χ4n) is 0.139. The summed E-state index contributed by atoms with van der Waals surface area (Å²) in [6.07, 6.45) is -0.563. The van der Waals surface area contributed by atoms with Gasteiger partial charge in [-0.3, -0.25) is 0 Å². The number of hydrogen-bond donors (Lipinski definition) is 1. The summed E-state index contributed by atoms with van der Waals surface area (Å²) < 4.78 is 3.94. The lowest BCUT2D eigenvalue weighted by molar-refractivity contribution is -0.0309. The highest BCUT2D eigenvalue weighted by Gasteiger charge is 1.95. The molecular formula is C4H7O3. The Morgan fingerprint density at radius 3 is 2.71 bits per heavy atom. The summed E-state index contributed by atoms with van der Waals surface area (Å²) in [6, 6.07) is 0. The smallest absolute Gasteiger partial charge is 0.419 e. The third kappa shape index (κ3) is 3.26. The molecule has 3 nitrogen and oxygen atoms in total. The molecule has 3 heteroatoms. The van der Waals surface area contributed by atoms with Crippen LogP contribution in [0.15, 0.2) is 0 Å². The van der Waals surface area contributed by atoms with Crippen molar-refractivity contribution in [2.45, 2.75) is 19.6 Å². The van der Waals surface area contributed by atoms with Gasteiger partial charge in [0.25, 0.3) is 0 Å². The van der Waals surface area contributed by atoms with Crippen molar-refractivity contribution in [3.8, 4) is 0 Å². The molecule has 0 aliphatic rings. The third-order valence-corrected chi connectivity index (χ3v) is 0.533. The molecule has 0 bridgehead atoms. The van der Waals surface area contributed by atoms with Gasteiger partial charge < -0.3 is 9.84 Å². The Balaban J connectivity index is 2.98. The van der Waals surface area contributed by atoms with Crippen molar-refractivity contribution in [3.63, 3.8) is 0 Å². The molecule has 0 aliphatic heterocycles. The van der Waals surface area contributed by atoms with Gasteiger partial charge in [-0.05, 0) is 0 Å². The van der Waals surface area contributed by atoms with E-state index in [1.54, 1.807) is 6.92 Å². The van der Waals surface area contributed by atoms with E-state index in [2.05, 4.69) is 4.74 Å². The van der Waals surface area contributed by atoms with Crippen molar-refractivity contribution >= 4 is 6.47 Å². The molecule has 0 fully saturated rings. The van der Waals surface area contributed by atoms with E-state index in [-0.39, 0.29) is 0 Å². The molecule has 0 amide bonds. The number of rotatable bonds is 3. The van der Waals surface area contributed by atoms with Crippen LogP contribution in [0.1, 0.15) is 13.3 Å². The second-order valence-corrected chi connectivity index (χ2v) is 1.06. The molecule has 1 atom stereocenters. The Morgan fingerprint density at radius 2 is 2.57 bits per heavy atom. The highest BCUT2D eigenvalue weighted by atomic mass is 16.6. The molecule has 1 radical (unpaired) electrons. The first-order valence-electron chi connectivity index (χ1n) is 2.02. The molecule has 41 valence electrons. The zero-order valence-corrected chi connectivity index (χ0v) is 4.05. The maximum atomic E-state index is 9.27. The maximum Gasteiger partial charge on any atom is 0.419 e. The van der Waals surface area contributed by atoms with Gasteiger partial charge in [-0.15, -0.1) is 0 Å². The van der Waals surface area contributed by atoms with Gasteiger partial charge in [-0.2, -0.15) is 0 Å². The van der Waals surface area contributed by atoms with Crippen LogP contribution in [0.25, 0.3) is 0 Å². The van der Waals surface area contributed by atoms with E-state index in [1.807, 2.05) is 0 Å². The molecule has 0 saturated heterocycles. The van der Waals surface area contributed by atoms with Crippen LogP contribution in [0.4, 0.5) is 0 Å². The minimum atomic E-state index is -0.975. The lowest BCUT2D eigenvalue weighted by Gasteiger charge is -1.99. The Morgan fingerprint density at radius 1 is 2.00 bits per heavy atom. The zero-order valence-electron chi connectivity index (χ0n) is 4.05. The van der Waals surface area contributed by atoms with Crippen molar-refractivity contribution in [3.05, 3.63) is 0 Å². The topological polar surface area (TPSA) is 46.5 Å². The third-order valence-electron chi connectivity index (χ3n) is 0.533. The van der Waals surface area contributed by atoms with Crippen molar-refractivity contribution in [2.75, 3.05) is 0 Å². The monoisotopic (exact) mass is 103 g/mol. The van der Waals surface area contributed by atoms with Gasteiger partial charge in [0, 0.05) is 6.42 Å². The van der Waals surface area contributed by atoms with Crippen molar-refractivity contribution in [1.29, 1.82) is 0 Å². The summed E-state index contributed by atoms with van der Waals surface area (Å²) in [7, 11) is 0. The number of ether oxygens (including phenoxy) is 1. The lowest BCUT2D eigenvalue weighted by atomic mass is 10.5. The largest absolute Gasteiger partial charge is 0.428 e. The molecule has 0 aromatic heterocycles. The predicted molar refractivity (Wildman–Crippen MR) is 23.1 cm³/mol. The summed E-state index contributed by atoms with van der Waals surface area (Å²) >= 11 is 0. The van der Waals surface area contributed by atoms with Gasteiger partial charge in [-0.1, -0.05) is 6.92 Å². The van der Waals surface area contributed by atoms with Crippen LogP contribution in [0.3, 0.4) is 0 Å². The minimum absolute atomic E-state index is 0.412. The van der Waals surface area contributed by atoms with Crippen molar-refractivity contribution in [2.24, 2.45) is 0 Å². The molecule has 1 unspecified atom stereocenters. The fourth-order valence-corrected chi connectivity index (χ4v) is 0.139. The zero-order chi connectivity index (χ0) is 5.70. The Kier molecular flexibility index (Phi) is 3.32. The van der Waals surface area contributed by atoms with Gasteiger partial charge in [0.1, 0.15) is 0 Å². The maximum absolute atomic E-state index is 9.27. The number of hydrogen-bond acceptors (Lipinski definition) is 3. The van der Waals surface area contributed by atoms with E-state index in [4.69, 9.17) is 5.11 Å². The summed E-state index contributed by atoms with van der Waals surface area (Å²) in [5, 5.41) is 8.37. The quantitative estimate of drug-likeness (QED) is 0.503. The molecule has 0 aliphatic carbocycles. The molecule has 0 saturated carbocycles. The van der Waals surface area contributed by atoms with Crippen LogP contribution in [0.2, 0.25) is 0 Å². The van der Waals surface area contributed by atoms with Gasteiger partial charge >= 0.3 is 6.47 Å². The van der Waals surface area contributed by atoms with E-state index < -0.39 is 6.29 Å². The van der Waals surface area contributed by atoms with Gasteiger partial charge in [-0.25, -0.2) is 4.79 Å². The van der Waals surface area contributed by atoms with Gasteiger partial charge in [0.15, 0.2) is 0 Å². The van der Waals surface area contributed by atoms with Gasteiger partial charge in [0.05, 0.1) is 0 Å². The minimum Gasteiger partial charge on any atom is -0.428 e. The first kappa shape index (κ1) is 6.43. The fraction of sp³-hybridized carbons (Fsp3) is 0.750. The highest BCUT2D eigenvalue weighted by Crippen LogP contribution is 1.86. The van der Waals surface area contributed by atoms with Crippen molar-refractivity contribution < 1.29 is 14.6 Å². The second kappa shape index (κ2) is 3.61. The van der Waals surface area contributed by atoms with Crippen LogP contribution in [0, 0.1) is 0 Å². The molecule has 1 N–H and O–H groups in total. The predicted octanol–water partition coefficient (Wildman–Crippen LogP) is -0.201. The van der Waals surface area contributed by atoms with Gasteiger partial charge in [0.2, 0.25) is 6.29 Å². The van der Waals surface area contributed by atoms with E-state index in [1.165, 1.54) is 0 Å². The van der Waals surface area contributed by atoms with E-state index in [0.717, 1.165) is 6.47 Å². The number of aliphatic hydroxyl groups is 1. The van der Waals surface area contributed by atoms with Crippen LogP contribution in [0.5, 0.6) is 0 Å². The molecule has 0 aromatic carbocycles. The average Bonchev–Trinajstić information content (AvgIpc) is 1.68. The molecular weight excluding hydrogens is 96.0 g/mol. The molecule has 7 heavy (non-hydrogen) atoms. The summed E-state index contributed by atoms with van der Waals surface area (Å²) in [5.74, 6) is 0. The van der Waals surface area contributed by atoms with Crippen LogP contribution in [-0.4, -0.2) is 17.9 Å². The first-order chi connectivity index (χ1) is 3.31. The summed E-state index contributed by atoms with van der Waals surface area (Å²) in [6.45, 7) is 2.81. The number of aliphatic hydroxyl groups excluding tert-OH is 1. The Bertz CT molecular complexity index is 52.9. The standard InChI is InChI=1S/C4H7O3/c1-2-4(6)7-3-5/h4,6H,2H2,1H3. The second-order valence-electron chi connectivity index (χ2n) is 1.06. The summed E-state index contributed by atoms with van der Waals surface area (Å²) in [4.78, 5) is 9.27. The summed E-state index contributed by atoms with van der Waals surface area (Å²) in [5.41, 5.74) is 0. The van der Waals surface area contributed by atoms with E-state index in [9.17, 15) is 4.79 Å². The van der Waals surface area contributed by atoms with E-state index >= 15 is 0 Å². The van der Waals surface area contributed by atoms with Crippen LogP contribution in [-0.2, 0) is 9.53 Å². The molecule has 0 rings (SSSR count). The molecule has 0 heterocycles. The van der Waals surface area contributed by atoms with Crippen LogP contribution >= 0.6 is 0 Å². The van der Waals surface area contributed by atoms with Crippen LogP contribution < -0.4 is 0 Å². The Hall–Kier alpha value is -0.570. The lowest BCUT2D eigenvalue weighted by Crippen LogP contribution is -2.07.